The average molecular weight is 383 g/mol. The van der Waals surface area contributed by atoms with E-state index in [2.05, 4.69) is 44.0 Å². The van der Waals surface area contributed by atoms with E-state index < -0.39 is 11.2 Å². The van der Waals surface area contributed by atoms with E-state index in [1.807, 2.05) is 0 Å². The highest BCUT2D eigenvalue weighted by atomic mass is 35.5. The minimum atomic E-state index is -0.753. The molecule has 0 radical (unpaired) electrons. The van der Waals surface area contributed by atoms with Gasteiger partial charge in [-0.1, -0.05) is 31.4 Å². The Kier molecular flexibility index (Phi) is 6.14. The Morgan fingerprint density at radius 2 is 2.00 bits per heavy atom. The number of nitrogens with one attached hydrogen (secondary N) is 1. The molecule has 0 amide bonds. The molecule has 1 unspecified atom stereocenters. The second kappa shape index (κ2) is 8.33. The molecule has 1 aliphatic heterocycles. The van der Waals surface area contributed by atoms with Gasteiger partial charge in [0, 0.05) is 6.04 Å². The van der Waals surface area contributed by atoms with E-state index in [4.69, 9.17) is 11.6 Å². The van der Waals surface area contributed by atoms with Gasteiger partial charge in [0.1, 0.15) is 28.9 Å². The third-order valence-corrected chi connectivity index (χ3v) is 5.83. The van der Waals surface area contributed by atoms with Crippen molar-refractivity contribution in [2.24, 2.45) is 0 Å². The van der Waals surface area contributed by atoms with Crippen molar-refractivity contribution in [1.29, 1.82) is 0 Å². The fourth-order valence-corrected chi connectivity index (χ4v) is 4.22. The molecule has 0 saturated carbocycles. The summed E-state index contributed by atoms with van der Waals surface area (Å²) < 4.78 is 11.6. The van der Waals surface area contributed by atoms with Crippen LogP contribution in [-0.2, 0) is 11.2 Å². The third kappa shape index (κ3) is 4.24. The number of hydrogen-bond donors (Lipinski definition) is 1. The van der Waals surface area contributed by atoms with Crippen molar-refractivity contribution in [2.75, 3.05) is 34.8 Å². The molecule has 136 valence electrons. The standard InChI is InChI=1S/C16H23ClN6OS/c1-3-5-11(4-2)20-14-12-13(18-10-19-14)15(22-16(17)21-12)23-6-8-25(24)9-7-23/h10-11H,3-9H2,1-2H3,(H,18,19,20). The minimum absolute atomic E-state index is 0.176. The highest BCUT2D eigenvalue weighted by Crippen LogP contribution is 2.28. The Morgan fingerprint density at radius 3 is 2.68 bits per heavy atom. The highest BCUT2D eigenvalue weighted by molar-refractivity contribution is 7.91. The van der Waals surface area contributed by atoms with Crippen LogP contribution in [0.3, 0.4) is 0 Å². The summed E-state index contributed by atoms with van der Waals surface area (Å²) in [6, 6.07) is 0.331. The molecule has 1 saturated heterocycles. The van der Waals surface area contributed by atoms with E-state index in [9.17, 15) is 4.55 Å². The number of anilines is 2. The molecule has 0 bridgehead atoms. The molecule has 7 nitrogen and oxygen atoms in total. The molecule has 3 heterocycles. The zero-order chi connectivity index (χ0) is 17.8. The number of fused-ring (bicyclic) bond motifs is 1. The molecule has 0 aromatic carbocycles. The molecule has 25 heavy (non-hydrogen) atoms. The van der Waals surface area contributed by atoms with Crippen molar-refractivity contribution in [3.05, 3.63) is 11.6 Å². The number of hydrogen-bond acceptors (Lipinski definition) is 7. The summed E-state index contributed by atoms with van der Waals surface area (Å²) in [5.41, 5.74) is 1.32. The van der Waals surface area contributed by atoms with Crippen LogP contribution in [0, 0.1) is 0 Å². The van der Waals surface area contributed by atoms with Gasteiger partial charge < -0.3 is 14.8 Å². The molecular formula is C16H23ClN6OS. The molecular weight excluding hydrogens is 360 g/mol. The van der Waals surface area contributed by atoms with Gasteiger partial charge in [0.25, 0.3) is 0 Å². The van der Waals surface area contributed by atoms with Crippen molar-refractivity contribution < 1.29 is 4.55 Å². The Bertz CT molecular complexity index is 725. The molecule has 2 aromatic rings. The first-order chi connectivity index (χ1) is 12.1. The van der Waals surface area contributed by atoms with E-state index in [0.29, 0.717) is 53.3 Å². The van der Waals surface area contributed by atoms with E-state index in [1.165, 1.54) is 6.33 Å². The third-order valence-electron chi connectivity index (χ3n) is 4.38. The number of aromatic nitrogens is 4. The topological polar surface area (TPSA) is 89.9 Å². The van der Waals surface area contributed by atoms with Crippen molar-refractivity contribution in [3.63, 3.8) is 0 Å². The summed E-state index contributed by atoms with van der Waals surface area (Å²) in [4.78, 5) is 19.6. The molecule has 1 fully saturated rings. The normalized spacial score (nSPS) is 17.0. The minimum Gasteiger partial charge on any atom is -0.616 e. The fourth-order valence-electron chi connectivity index (χ4n) is 3.00. The summed E-state index contributed by atoms with van der Waals surface area (Å²) in [6.45, 7) is 5.67. The first-order valence-electron chi connectivity index (χ1n) is 8.67. The predicted molar refractivity (Wildman–Crippen MR) is 103 cm³/mol. The average Bonchev–Trinajstić information content (AvgIpc) is 2.62. The van der Waals surface area contributed by atoms with Crippen LogP contribution in [0.5, 0.6) is 0 Å². The van der Waals surface area contributed by atoms with Gasteiger partial charge in [-0.2, -0.15) is 4.98 Å². The molecule has 1 atom stereocenters. The van der Waals surface area contributed by atoms with Crippen LogP contribution in [-0.4, -0.2) is 55.1 Å². The molecule has 0 spiro atoms. The van der Waals surface area contributed by atoms with Crippen molar-refractivity contribution in [1.82, 2.24) is 19.9 Å². The molecule has 1 aliphatic rings. The second-order valence-electron chi connectivity index (χ2n) is 6.11. The van der Waals surface area contributed by atoms with Crippen LogP contribution >= 0.6 is 11.6 Å². The first-order valence-corrected chi connectivity index (χ1v) is 10.5. The van der Waals surface area contributed by atoms with Gasteiger partial charge in [-0.3, -0.25) is 0 Å². The van der Waals surface area contributed by atoms with Crippen LogP contribution in [0.1, 0.15) is 33.1 Å². The summed E-state index contributed by atoms with van der Waals surface area (Å²) in [5, 5.41) is 3.65. The maximum absolute atomic E-state index is 11.6. The fraction of sp³-hybridized carbons (Fsp3) is 0.625. The monoisotopic (exact) mass is 382 g/mol. The second-order valence-corrected chi connectivity index (χ2v) is 8.14. The lowest BCUT2D eigenvalue weighted by Crippen LogP contribution is -2.41. The van der Waals surface area contributed by atoms with Crippen LogP contribution in [0.4, 0.5) is 11.6 Å². The molecule has 9 heteroatoms. The van der Waals surface area contributed by atoms with Crippen LogP contribution in [0.15, 0.2) is 6.33 Å². The van der Waals surface area contributed by atoms with Gasteiger partial charge in [-0.25, -0.2) is 15.0 Å². The van der Waals surface area contributed by atoms with Gasteiger partial charge >= 0.3 is 0 Å². The number of nitrogens with zero attached hydrogens (tertiary/aromatic N) is 5. The first kappa shape index (κ1) is 18.4. The van der Waals surface area contributed by atoms with Crippen molar-refractivity contribution >= 4 is 45.4 Å². The summed E-state index contributed by atoms with van der Waals surface area (Å²) >= 11 is 5.43. The Hall–Kier alpha value is -1.38. The largest absolute Gasteiger partial charge is 0.616 e. The summed E-state index contributed by atoms with van der Waals surface area (Å²) in [5.74, 6) is 2.65. The van der Waals surface area contributed by atoms with Crippen molar-refractivity contribution in [2.45, 2.75) is 39.2 Å². The van der Waals surface area contributed by atoms with Crippen molar-refractivity contribution in [3.8, 4) is 0 Å². The van der Waals surface area contributed by atoms with Gasteiger partial charge in [0.05, 0.1) is 13.1 Å². The zero-order valence-corrected chi connectivity index (χ0v) is 16.1. The van der Waals surface area contributed by atoms with Gasteiger partial charge in [-0.05, 0) is 24.4 Å². The molecule has 1 N–H and O–H groups in total. The quantitative estimate of drug-likeness (QED) is 0.606. The van der Waals surface area contributed by atoms with E-state index in [-0.39, 0.29) is 5.28 Å². The molecule has 3 rings (SSSR count). The van der Waals surface area contributed by atoms with Crippen LogP contribution in [0.25, 0.3) is 11.0 Å². The van der Waals surface area contributed by atoms with Gasteiger partial charge in [-0.15, -0.1) is 0 Å². The van der Waals surface area contributed by atoms with Crippen LogP contribution < -0.4 is 10.2 Å². The Labute approximate surface area is 155 Å². The van der Waals surface area contributed by atoms with E-state index in [1.54, 1.807) is 0 Å². The maximum Gasteiger partial charge on any atom is 0.225 e. The molecule has 0 aliphatic carbocycles. The smallest absolute Gasteiger partial charge is 0.225 e. The van der Waals surface area contributed by atoms with Crippen LogP contribution in [0.2, 0.25) is 5.28 Å². The zero-order valence-electron chi connectivity index (χ0n) is 14.5. The lowest BCUT2D eigenvalue weighted by Gasteiger charge is -2.29. The molecule has 2 aromatic heterocycles. The summed E-state index contributed by atoms with van der Waals surface area (Å²) in [6.07, 6.45) is 4.70. The maximum atomic E-state index is 11.6. The lowest BCUT2D eigenvalue weighted by molar-refractivity contribution is 0.585. The van der Waals surface area contributed by atoms with Gasteiger partial charge in [0.2, 0.25) is 5.28 Å². The number of halogens is 1. The van der Waals surface area contributed by atoms with Gasteiger partial charge in [0.15, 0.2) is 11.6 Å². The Morgan fingerprint density at radius 1 is 1.24 bits per heavy atom. The Balaban J connectivity index is 1.98. The summed E-state index contributed by atoms with van der Waals surface area (Å²) in [7, 11) is 0. The SMILES string of the molecule is CCCC(CC)Nc1ncnc2c(N3CC[S+]([O-])CC3)nc(Cl)nc12. The van der Waals surface area contributed by atoms with E-state index >= 15 is 0 Å². The lowest BCUT2D eigenvalue weighted by atomic mass is 10.1. The number of rotatable bonds is 6. The highest BCUT2D eigenvalue weighted by Gasteiger charge is 2.24. The predicted octanol–water partition coefficient (Wildman–Crippen LogP) is 2.63. The van der Waals surface area contributed by atoms with E-state index in [0.717, 1.165) is 19.3 Å².